The fourth-order valence-electron chi connectivity index (χ4n) is 5.13. The first-order valence-electron chi connectivity index (χ1n) is 13.0. The minimum Gasteiger partial charge on any atom is -0.373 e. The Morgan fingerprint density at radius 3 is 2.59 bits per heavy atom. The highest BCUT2D eigenvalue weighted by Crippen LogP contribution is 2.43. The van der Waals surface area contributed by atoms with Crippen molar-refractivity contribution in [2.24, 2.45) is 0 Å². The van der Waals surface area contributed by atoms with Gasteiger partial charge in [-0.3, -0.25) is 15.1 Å². The Hall–Kier alpha value is -4.32. The molecule has 1 aliphatic heterocycles. The van der Waals surface area contributed by atoms with Crippen LogP contribution in [0.4, 0.5) is 20.4 Å². The number of nitrogens with zero attached hydrogens (tertiary/aromatic N) is 3. The molecule has 1 fully saturated rings. The van der Waals surface area contributed by atoms with E-state index in [0.717, 1.165) is 25.3 Å². The van der Waals surface area contributed by atoms with Crippen molar-refractivity contribution in [1.82, 2.24) is 10.3 Å². The molecule has 0 bridgehead atoms. The lowest BCUT2D eigenvalue weighted by Crippen LogP contribution is -2.26. The van der Waals surface area contributed by atoms with E-state index >= 15 is 0 Å². The molecule has 2 aliphatic rings. The zero-order valence-electron chi connectivity index (χ0n) is 22.2. The number of hydrogen-bond acceptors (Lipinski definition) is 5. The maximum Gasteiger partial charge on any atom is 0.270 e. The zero-order chi connectivity index (χ0) is 27.9. The van der Waals surface area contributed by atoms with E-state index in [1.807, 2.05) is 37.3 Å². The fourth-order valence-corrected chi connectivity index (χ4v) is 5.13. The Labute approximate surface area is 226 Å². The first kappa shape index (κ1) is 26.3. The average molecular weight is 529 g/mol. The number of amidine groups is 1. The van der Waals surface area contributed by atoms with Gasteiger partial charge in [-0.25, -0.2) is 13.8 Å². The number of aryl methyl sites for hydroxylation is 1. The molecule has 2 heterocycles. The van der Waals surface area contributed by atoms with Gasteiger partial charge in [0.15, 0.2) is 0 Å². The highest BCUT2D eigenvalue weighted by Gasteiger charge is 2.43. The van der Waals surface area contributed by atoms with Gasteiger partial charge in [-0.2, -0.15) is 5.26 Å². The summed E-state index contributed by atoms with van der Waals surface area (Å²) in [4.78, 5) is 19.8. The lowest BCUT2D eigenvalue weighted by Gasteiger charge is -2.21. The average Bonchev–Trinajstić information content (AvgIpc) is 3.59. The lowest BCUT2D eigenvalue weighted by molar-refractivity contribution is 0.0165. The minimum absolute atomic E-state index is 0.0237. The van der Waals surface area contributed by atoms with Gasteiger partial charge in [-0.05, 0) is 65.8 Å². The number of nitriles is 1. The van der Waals surface area contributed by atoms with Crippen LogP contribution in [0.2, 0.25) is 0 Å². The summed E-state index contributed by atoms with van der Waals surface area (Å²) >= 11 is 0. The van der Waals surface area contributed by atoms with Crippen LogP contribution in [-0.2, 0) is 18.9 Å². The van der Waals surface area contributed by atoms with Crippen LogP contribution in [0.25, 0.3) is 11.1 Å². The number of carbonyl (C=O) groups excluding carboxylic acids is 1. The van der Waals surface area contributed by atoms with Crippen molar-refractivity contribution in [2.75, 3.05) is 17.3 Å². The molecule has 1 aliphatic carbocycles. The predicted octanol–water partition coefficient (Wildman–Crippen LogP) is 5.99. The molecule has 7 nitrogen and oxygen atoms in total. The first-order valence-corrected chi connectivity index (χ1v) is 13.0. The molecule has 0 radical (unpaired) electrons. The number of aromatic nitrogens is 1. The number of anilines is 2. The van der Waals surface area contributed by atoms with E-state index in [1.54, 1.807) is 19.2 Å². The number of nitrogens with one attached hydrogen (secondary N) is 3. The Morgan fingerprint density at radius 1 is 1.21 bits per heavy atom. The maximum atomic E-state index is 14.6. The van der Waals surface area contributed by atoms with Crippen molar-refractivity contribution in [3.63, 3.8) is 0 Å². The summed E-state index contributed by atoms with van der Waals surface area (Å²) in [6.45, 7) is 2.70. The molecule has 200 valence electrons. The third-order valence-corrected chi connectivity index (χ3v) is 7.49. The van der Waals surface area contributed by atoms with Gasteiger partial charge in [0, 0.05) is 30.7 Å². The van der Waals surface area contributed by atoms with Crippen LogP contribution in [0.15, 0.2) is 48.5 Å². The maximum absolute atomic E-state index is 14.6. The van der Waals surface area contributed by atoms with E-state index < -0.39 is 5.92 Å². The van der Waals surface area contributed by atoms with Crippen molar-refractivity contribution in [1.29, 1.82) is 10.7 Å². The summed E-state index contributed by atoms with van der Waals surface area (Å²) in [7, 11) is 1.68. The first-order chi connectivity index (χ1) is 18.6. The molecule has 0 unspecified atom stereocenters. The third-order valence-electron chi connectivity index (χ3n) is 7.49. The summed E-state index contributed by atoms with van der Waals surface area (Å²) < 4.78 is 29.3. The van der Waals surface area contributed by atoms with E-state index in [4.69, 9.17) is 10.4 Å². The number of rotatable bonds is 8. The second kappa shape index (κ2) is 9.77. The number of benzene rings is 2. The van der Waals surface area contributed by atoms with E-state index in [1.165, 1.54) is 11.0 Å². The van der Waals surface area contributed by atoms with Gasteiger partial charge >= 0.3 is 0 Å². The monoisotopic (exact) mass is 528 g/mol. The Kier molecular flexibility index (Phi) is 6.59. The van der Waals surface area contributed by atoms with Crippen LogP contribution in [0, 0.1) is 16.7 Å². The van der Waals surface area contributed by atoms with E-state index in [2.05, 4.69) is 16.7 Å². The summed E-state index contributed by atoms with van der Waals surface area (Å²) in [5.74, 6) is -2.45. The van der Waals surface area contributed by atoms with Gasteiger partial charge in [-0.1, -0.05) is 31.2 Å². The van der Waals surface area contributed by atoms with Gasteiger partial charge < -0.3 is 10.6 Å². The number of carbonyl (C=O) groups is 1. The van der Waals surface area contributed by atoms with Crippen LogP contribution in [0.5, 0.6) is 0 Å². The lowest BCUT2D eigenvalue weighted by atomic mass is 9.95. The zero-order valence-corrected chi connectivity index (χ0v) is 22.2. The molecular weight excluding hydrogens is 498 g/mol. The highest BCUT2D eigenvalue weighted by atomic mass is 19.3. The van der Waals surface area contributed by atoms with Gasteiger partial charge in [0.25, 0.3) is 11.8 Å². The molecule has 1 aromatic heterocycles. The quantitative estimate of drug-likeness (QED) is 0.246. The van der Waals surface area contributed by atoms with Gasteiger partial charge in [0.05, 0.1) is 24.6 Å². The molecule has 0 spiro atoms. The van der Waals surface area contributed by atoms with Gasteiger partial charge in [0.1, 0.15) is 17.5 Å². The molecular formula is C30H30F2N6O. The highest BCUT2D eigenvalue weighted by molar-refractivity contribution is 6.10. The van der Waals surface area contributed by atoms with Crippen molar-refractivity contribution in [3.05, 3.63) is 76.3 Å². The van der Waals surface area contributed by atoms with Crippen molar-refractivity contribution in [2.45, 2.75) is 57.5 Å². The van der Waals surface area contributed by atoms with E-state index in [-0.39, 0.29) is 35.0 Å². The summed E-state index contributed by atoms with van der Waals surface area (Å²) in [5.41, 5.74) is 2.88. The molecule has 1 amide bonds. The number of halogens is 2. The SMILES string of the molecule is CCc1cc2c(c(C(C)(F)F)c1)CN(c1cc(-c3ccccc3C(=N)NC)cc(NC3(CC#N)CC3)n1)C2=O. The number of alkyl halides is 2. The second-order valence-corrected chi connectivity index (χ2v) is 10.3. The van der Waals surface area contributed by atoms with Crippen molar-refractivity contribution in [3.8, 4) is 17.2 Å². The molecule has 3 N–H and O–H groups in total. The molecule has 39 heavy (non-hydrogen) atoms. The van der Waals surface area contributed by atoms with Gasteiger partial charge in [0.2, 0.25) is 0 Å². The van der Waals surface area contributed by atoms with Crippen LogP contribution < -0.4 is 15.5 Å². The molecule has 9 heteroatoms. The Morgan fingerprint density at radius 2 is 1.95 bits per heavy atom. The molecule has 3 aromatic rings. The molecule has 2 aromatic carbocycles. The fraction of sp³-hybridized carbons (Fsp3) is 0.333. The van der Waals surface area contributed by atoms with Crippen LogP contribution in [-0.4, -0.2) is 29.3 Å². The molecule has 5 rings (SSSR count). The normalized spacial score (nSPS) is 15.5. The molecule has 1 saturated carbocycles. The van der Waals surface area contributed by atoms with E-state index in [0.29, 0.717) is 46.7 Å². The van der Waals surface area contributed by atoms with Crippen LogP contribution >= 0.6 is 0 Å². The second-order valence-electron chi connectivity index (χ2n) is 10.3. The Bertz CT molecular complexity index is 1520. The van der Waals surface area contributed by atoms with Crippen molar-refractivity contribution >= 4 is 23.4 Å². The molecule has 0 atom stereocenters. The number of hydrogen-bond donors (Lipinski definition) is 3. The smallest absolute Gasteiger partial charge is 0.270 e. The molecule has 0 saturated heterocycles. The topological polar surface area (TPSA) is 105 Å². The Balaban J connectivity index is 1.64. The minimum atomic E-state index is -3.10. The number of amides is 1. The summed E-state index contributed by atoms with van der Waals surface area (Å²) in [6, 6.07) is 16.4. The summed E-state index contributed by atoms with van der Waals surface area (Å²) in [5, 5.41) is 24.0. The third kappa shape index (κ3) is 4.94. The van der Waals surface area contributed by atoms with Crippen molar-refractivity contribution < 1.29 is 13.6 Å². The number of fused-ring (bicyclic) bond motifs is 1. The standard InChI is InChI=1S/C30H30F2N6O/c1-4-18-13-22-23(24(14-18)29(2,31)32)17-38(28(22)39)26-16-19(20-7-5-6-8-21(20)27(34)35-3)15-25(36-26)37-30(9-10-30)11-12-33/h5-8,13-16H,4,9-11,17H2,1-3H3,(H2,34,35)(H,36,37). The predicted molar refractivity (Wildman–Crippen MR) is 147 cm³/mol. The largest absolute Gasteiger partial charge is 0.373 e. The van der Waals surface area contributed by atoms with Gasteiger partial charge in [-0.15, -0.1) is 0 Å². The van der Waals surface area contributed by atoms with Crippen LogP contribution in [0.1, 0.15) is 65.7 Å². The van der Waals surface area contributed by atoms with E-state index in [9.17, 15) is 18.8 Å². The summed E-state index contributed by atoms with van der Waals surface area (Å²) in [6.07, 6.45) is 2.50. The number of pyridine rings is 1. The van der Waals surface area contributed by atoms with Crippen LogP contribution in [0.3, 0.4) is 0 Å².